The first kappa shape index (κ1) is 29.9. The molecule has 0 saturated carbocycles. The lowest BCUT2D eigenvalue weighted by atomic mass is 9.95. The van der Waals surface area contributed by atoms with Crippen LogP contribution in [0.25, 0.3) is 22.3 Å². The zero-order valence-corrected chi connectivity index (χ0v) is 22.6. The van der Waals surface area contributed by atoms with Crippen LogP contribution < -0.4 is 5.73 Å². The number of primary amides is 1. The Bertz CT molecular complexity index is 1430. The first-order valence-corrected chi connectivity index (χ1v) is 14.1. The standard InChI is InChI=1S/C29H30F3N3O3S/c1-19(2)18-26(28(34)36)35(17-16-33)27(29(30,31)32)24-10-8-22(9-11-24)20-4-6-21(7-5-20)23-12-14-25(15-13-23)39(3,37)38/h4-15,19,26-27H,17-18H2,1-3H3,(H2,34,36)/t26-,27-/m0/s1. The summed E-state index contributed by atoms with van der Waals surface area (Å²) in [6.07, 6.45) is -3.52. The number of sulfone groups is 1. The molecule has 6 nitrogen and oxygen atoms in total. The first-order valence-electron chi connectivity index (χ1n) is 12.2. The van der Waals surface area contributed by atoms with Crippen LogP contribution in [0.3, 0.4) is 0 Å². The maximum atomic E-state index is 14.3. The minimum atomic E-state index is -4.75. The van der Waals surface area contributed by atoms with Gasteiger partial charge in [-0.15, -0.1) is 0 Å². The molecule has 1 amide bonds. The molecule has 10 heteroatoms. The van der Waals surface area contributed by atoms with Crippen molar-refractivity contribution in [3.63, 3.8) is 0 Å². The third kappa shape index (κ3) is 7.46. The summed E-state index contributed by atoms with van der Waals surface area (Å²) in [7, 11) is -3.30. The van der Waals surface area contributed by atoms with Crippen molar-refractivity contribution >= 4 is 15.7 Å². The van der Waals surface area contributed by atoms with Gasteiger partial charge in [0, 0.05) is 6.26 Å². The summed E-state index contributed by atoms with van der Waals surface area (Å²) in [5.41, 5.74) is 8.49. The van der Waals surface area contributed by atoms with Crippen LogP contribution in [0.5, 0.6) is 0 Å². The summed E-state index contributed by atoms with van der Waals surface area (Å²) < 4.78 is 66.3. The van der Waals surface area contributed by atoms with Crippen LogP contribution >= 0.6 is 0 Å². The van der Waals surface area contributed by atoms with Crippen LogP contribution in [-0.4, -0.2) is 44.2 Å². The predicted octanol–water partition coefficient (Wildman–Crippen LogP) is 5.75. The molecule has 0 aliphatic carbocycles. The molecule has 0 heterocycles. The molecule has 3 rings (SSSR count). The number of benzene rings is 3. The van der Waals surface area contributed by atoms with Gasteiger partial charge in [-0.1, -0.05) is 74.5 Å². The van der Waals surface area contributed by atoms with E-state index in [-0.39, 0.29) is 22.8 Å². The Morgan fingerprint density at radius 3 is 1.64 bits per heavy atom. The maximum absolute atomic E-state index is 14.3. The average Bonchev–Trinajstić information content (AvgIpc) is 2.86. The summed E-state index contributed by atoms with van der Waals surface area (Å²) in [6.45, 7) is 2.93. The second-order valence-corrected chi connectivity index (χ2v) is 11.8. The van der Waals surface area contributed by atoms with Crippen LogP contribution in [0.15, 0.2) is 77.7 Å². The highest BCUT2D eigenvalue weighted by Crippen LogP contribution is 2.40. The highest BCUT2D eigenvalue weighted by atomic mass is 32.2. The van der Waals surface area contributed by atoms with Gasteiger partial charge in [0.25, 0.3) is 0 Å². The lowest BCUT2D eigenvalue weighted by molar-refractivity contribution is -0.192. The van der Waals surface area contributed by atoms with Gasteiger partial charge in [0.1, 0.15) is 6.04 Å². The van der Waals surface area contributed by atoms with Gasteiger partial charge in [-0.2, -0.15) is 18.4 Å². The number of rotatable bonds is 10. The van der Waals surface area contributed by atoms with Crippen LogP contribution in [0.4, 0.5) is 13.2 Å². The van der Waals surface area contributed by atoms with Gasteiger partial charge in [0.15, 0.2) is 9.84 Å². The van der Waals surface area contributed by atoms with E-state index in [1.54, 1.807) is 44.2 Å². The largest absolute Gasteiger partial charge is 0.408 e. The van der Waals surface area contributed by atoms with Crippen LogP contribution in [-0.2, 0) is 14.6 Å². The van der Waals surface area contributed by atoms with E-state index in [2.05, 4.69) is 0 Å². The smallest absolute Gasteiger partial charge is 0.368 e. The van der Waals surface area contributed by atoms with E-state index in [9.17, 15) is 31.6 Å². The number of amides is 1. The summed E-state index contributed by atoms with van der Waals surface area (Å²) in [6, 6.07) is 18.0. The average molecular weight is 558 g/mol. The normalized spacial score (nSPS) is 13.7. The zero-order valence-electron chi connectivity index (χ0n) is 21.8. The molecule has 39 heavy (non-hydrogen) atoms. The SMILES string of the molecule is CC(C)C[C@@H](C(N)=O)N(CC#N)[C@@H](c1ccc(-c2ccc(-c3ccc(S(C)(=O)=O)cc3)cc2)cc1)C(F)(F)F. The van der Waals surface area contributed by atoms with E-state index in [1.165, 1.54) is 24.3 Å². The lowest BCUT2D eigenvalue weighted by Crippen LogP contribution is -2.51. The van der Waals surface area contributed by atoms with Crippen molar-refractivity contribution in [1.82, 2.24) is 4.90 Å². The molecule has 2 N–H and O–H groups in total. The van der Waals surface area contributed by atoms with E-state index in [0.29, 0.717) is 5.56 Å². The summed E-state index contributed by atoms with van der Waals surface area (Å²) in [5.74, 6) is -1.02. The van der Waals surface area contributed by atoms with Gasteiger partial charge in [-0.3, -0.25) is 9.69 Å². The second kappa shape index (κ2) is 12.0. The molecule has 0 aromatic heterocycles. The maximum Gasteiger partial charge on any atom is 0.408 e. The Morgan fingerprint density at radius 2 is 1.31 bits per heavy atom. The molecule has 0 bridgehead atoms. The minimum absolute atomic E-state index is 0.0883. The highest BCUT2D eigenvalue weighted by molar-refractivity contribution is 7.90. The molecule has 0 radical (unpaired) electrons. The molecular weight excluding hydrogens is 527 g/mol. The molecule has 0 saturated heterocycles. The van der Waals surface area contributed by atoms with Crippen LogP contribution in [0, 0.1) is 17.2 Å². The quantitative estimate of drug-likeness (QED) is 0.320. The van der Waals surface area contributed by atoms with Crippen molar-refractivity contribution < 1.29 is 26.4 Å². The molecule has 0 fully saturated rings. The number of carbonyl (C=O) groups is 1. The Balaban J connectivity index is 1.91. The Labute approximate surface area is 226 Å². The number of nitrogens with two attached hydrogens (primary N) is 1. The highest BCUT2D eigenvalue weighted by Gasteiger charge is 2.47. The summed E-state index contributed by atoms with van der Waals surface area (Å²) >= 11 is 0. The van der Waals surface area contributed by atoms with E-state index in [0.717, 1.165) is 27.8 Å². The van der Waals surface area contributed by atoms with Crippen molar-refractivity contribution in [2.75, 3.05) is 12.8 Å². The van der Waals surface area contributed by atoms with Gasteiger partial charge in [-0.25, -0.2) is 8.42 Å². The van der Waals surface area contributed by atoms with E-state index >= 15 is 0 Å². The van der Waals surface area contributed by atoms with Crippen LogP contribution in [0.2, 0.25) is 0 Å². The van der Waals surface area contributed by atoms with Crippen molar-refractivity contribution in [2.24, 2.45) is 11.7 Å². The predicted molar refractivity (Wildman–Crippen MR) is 144 cm³/mol. The Morgan fingerprint density at radius 1 is 0.897 bits per heavy atom. The molecule has 0 aliphatic rings. The minimum Gasteiger partial charge on any atom is -0.368 e. The van der Waals surface area contributed by atoms with Gasteiger partial charge >= 0.3 is 6.18 Å². The number of hydrogen-bond donors (Lipinski definition) is 1. The van der Waals surface area contributed by atoms with Gasteiger partial charge in [-0.05, 0) is 52.3 Å². The number of hydrogen-bond acceptors (Lipinski definition) is 5. The number of carbonyl (C=O) groups excluding carboxylic acids is 1. The lowest BCUT2D eigenvalue weighted by Gasteiger charge is -2.37. The van der Waals surface area contributed by atoms with Gasteiger partial charge in [0.05, 0.1) is 23.6 Å². The van der Waals surface area contributed by atoms with E-state index < -0.39 is 40.5 Å². The molecule has 3 aromatic carbocycles. The molecule has 206 valence electrons. The number of halogens is 3. The summed E-state index contributed by atoms with van der Waals surface area (Å²) in [5, 5.41) is 9.27. The fourth-order valence-electron chi connectivity index (χ4n) is 4.50. The third-order valence-electron chi connectivity index (χ3n) is 6.38. The molecule has 2 atom stereocenters. The molecule has 3 aromatic rings. The number of alkyl halides is 3. The van der Waals surface area contributed by atoms with Gasteiger partial charge in [0.2, 0.25) is 5.91 Å². The third-order valence-corrected chi connectivity index (χ3v) is 7.51. The van der Waals surface area contributed by atoms with Crippen molar-refractivity contribution in [2.45, 2.75) is 43.4 Å². The molecule has 0 unspecified atom stereocenters. The first-order chi connectivity index (χ1) is 18.2. The Hall–Kier alpha value is -3.68. The number of nitriles is 1. The van der Waals surface area contributed by atoms with Crippen LogP contribution in [0.1, 0.15) is 31.9 Å². The second-order valence-electron chi connectivity index (χ2n) is 9.82. The van der Waals surface area contributed by atoms with Crippen molar-refractivity contribution in [3.05, 3.63) is 78.4 Å². The van der Waals surface area contributed by atoms with E-state index in [1.807, 2.05) is 24.3 Å². The monoisotopic (exact) mass is 557 g/mol. The molecule has 0 spiro atoms. The zero-order chi connectivity index (χ0) is 29.0. The van der Waals surface area contributed by atoms with Crippen molar-refractivity contribution in [1.29, 1.82) is 5.26 Å². The summed E-state index contributed by atoms with van der Waals surface area (Å²) in [4.78, 5) is 13.2. The number of nitrogens with zero attached hydrogens (tertiary/aromatic N) is 2. The van der Waals surface area contributed by atoms with Gasteiger partial charge < -0.3 is 5.73 Å². The van der Waals surface area contributed by atoms with Crippen molar-refractivity contribution in [3.8, 4) is 28.3 Å². The fraction of sp³-hybridized carbons (Fsp3) is 0.310. The van der Waals surface area contributed by atoms with E-state index in [4.69, 9.17) is 5.73 Å². The molecular formula is C29H30F3N3O3S. The topological polar surface area (TPSA) is 104 Å². The fourth-order valence-corrected chi connectivity index (χ4v) is 5.13. The Kier molecular flexibility index (Phi) is 9.20. The molecule has 0 aliphatic heterocycles.